The third-order valence-electron chi connectivity index (χ3n) is 0.749. The summed E-state index contributed by atoms with van der Waals surface area (Å²) in [5.41, 5.74) is 0. The van der Waals surface area contributed by atoms with E-state index in [-0.39, 0.29) is 0 Å². The van der Waals surface area contributed by atoms with Crippen molar-refractivity contribution in [2.45, 2.75) is 6.42 Å². The molecule has 2 nitrogen and oxygen atoms in total. The van der Waals surface area contributed by atoms with Gasteiger partial charge in [0.25, 0.3) is 0 Å². The zero-order valence-electron chi connectivity index (χ0n) is 5.33. The second-order valence-electron chi connectivity index (χ2n) is 1.52. The molecule has 0 unspecified atom stereocenters. The van der Waals surface area contributed by atoms with Crippen LogP contribution in [0.2, 0.25) is 0 Å². The maximum Gasteiger partial charge on any atom is 0.327 e. The predicted molar refractivity (Wildman–Crippen MR) is 39.8 cm³/mol. The molecular weight excluding hydrogens is 136 g/mol. The molecule has 0 aliphatic heterocycles. The van der Waals surface area contributed by atoms with Crippen LogP contribution >= 0.6 is 11.8 Å². The quantitative estimate of drug-likeness (QED) is 0.481. The van der Waals surface area contributed by atoms with Crippen LogP contribution in [0.5, 0.6) is 0 Å². The molecule has 0 fully saturated rings. The highest BCUT2D eigenvalue weighted by Crippen LogP contribution is 1.95. The largest absolute Gasteiger partial charge is 0.478 e. The molecule has 0 aliphatic rings. The van der Waals surface area contributed by atoms with E-state index in [4.69, 9.17) is 5.11 Å². The highest BCUT2D eigenvalue weighted by atomic mass is 32.2. The second kappa shape index (κ2) is 5.69. The van der Waals surface area contributed by atoms with E-state index in [1.807, 2.05) is 6.26 Å². The average Bonchev–Trinajstić information content (AvgIpc) is 1.80. The van der Waals surface area contributed by atoms with Crippen molar-refractivity contribution in [2.24, 2.45) is 0 Å². The molecule has 52 valence electrons. The number of hydrogen-bond donors (Lipinski definition) is 1. The first-order valence-electron chi connectivity index (χ1n) is 2.65. The van der Waals surface area contributed by atoms with Gasteiger partial charge in [-0.15, -0.1) is 0 Å². The predicted octanol–water partition coefficient (Wildman–Crippen LogP) is 1.38. The summed E-state index contributed by atoms with van der Waals surface area (Å²) in [7, 11) is 0. The van der Waals surface area contributed by atoms with E-state index in [2.05, 4.69) is 0 Å². The number of rotatable bonds is 4. The Balaban J connectivity index is 3.15. The fourth-order valence-corrected chi connectivity index (χ4v) is 0.742. The van der Waals surface area contributed by atoms with Crippen molar-refractivity contribution >= 4 is 17.7 Å². The Labute approximate surface area is 59.0 Å². The van der Waals surface area contributed by atoms with Crippen molar-refractivity contribution in [2.75, 3.05) is 12.0 Å². The van der Waals surface area contributed by atoms with Crippen LogP contribution in [0.3, 0.4) is 0 Å². The summed E-state index contributed by atoms with van der Waals surface area (Å²) in [5.74, 6) is 0.125. The molecule has 9 heavy (non-hydrogen) atoms. The molecule has 0 radical (unpaired) electrons. The van der Waals surface area contributed by atoms with Gasteiger partial charge in [0.05, 0.1) is 0 Å². The Hall–Kier alpha value is -0.440. The van der Waals surface area contributed by atoms with Gasteiger partial charge in [-0.05, 0) is 18.4 Å². The minimum atomic E-state index is -0.865. The summed E-state index contributed by atoms with van der Waals surface area (Å²) < 4.78 is 0. The van der Waals surface area contributed by atoms with E-state index in [1.165, 1.54) is 6.08 Å². The standard InChI is InChI=1S/C6H10O2S/c1-9-5-3-2-4-6(7)8/h2,4H,3,5H2,1H3,(H,7,8)/b4-2+. The van der Waals surface area contributed by atoms with Crippen molar-refractivity contribution in [1.29, 1.82) is 0 Å². The number of aliphatic carboxylic acids is 1. The molecule has 0 saturated heterocycles. The van der Waals surface area contributed by atoms with E-state index in [1.54, 1.807) is 17.8 Å². The Morgan fingerprint density at radius 3 is 2.89 bits per heavy atom. The summed E-state index contributed by atoms with van der Waals surface area (Å²) in [6.07, 6.45) is 5.68. The molecular formula is C6H10O2S. The van der Waals surface area contributed by atoms with Gasteiger partial charge in [-0.25, -0.2) is 4.79 Å². The van der Waals surface area contributed by atoms with Gasteiger partial charge < -0.3 is 5.11 Å². The van der Waals surface area contributed by atoms with Crippen LogP contribution in [0.15, 0.2) is 12.2 Å². The molecule has 0 atom stereocenters. The monoisotopic (exact) mass is 146 g/mol. The maximum absolute atomic E-state index is 9.87. The molecule has 0 aliphatic carbocycles. The van der Waals surface area contributed by atoms with Gasteiger partial charge in [0, 0.05) is 6.08 Å². The van der Waals surface area contributed by atoms with Crippen molar-refractivity contribution in [3.63, 3.8) is 0 Å². The molecule has 0 aromatic rings. The van der Waals surface area contributed by atoms with Crippen molar-refractivity contribution < 1.29 is 9.90 Å². The Morgan fingerprint density at radius 1 is 1.78 bits per heavy atom. The lowest BCUT2D eigenvalue weighted by Gasteiger charge is -1.85. The van der Waals surface area contributed by atoms with Gasteiger partial charge in [-0.2, -0.15) is 11.8 Å². The molecule has 0 aromatic heterocycles. The minimum Gasteiger partial charge on any atom is -0.478 e. The summed E-state index contributed by atoms with van der Waals surface area (Å²) in [6, 6.07) is 0. The normalized spacial score (nSPS) is 10.3. The van der Waals surface area contributed by atoms with E-state index in [0.717, 1.165) is 12.2 Å². The van der Waals surface area contributed by atoms with Gasteiger partial charge in [-0.1, -0.05) is 6.08 Å². The van der Waals surface area contributed by atoms with Gasteiger partial charge >= 0.3 is 5.97 Å². The topological polar surface area (TPSA) is 37.3 Å². The van der Waals surface area contributed by atoms with E-state index in [0.29, 0.717) is 0 Å². The van der Waals surface area contributed by atoms with Gasteiger partial charge in [0.15, 0.2) is 0 Å². The van der Waals surface area contributed by atoms with Gasteiger partial charge in [-0.3, -0.25) is 0 Å². The molecule has 0 spiro atoms. The van der Waals surface area contributed by atoms with Crippen LogP contribution in [0.4, 0.5) is 0 Å². The summed E-state index contributed by atoms with van der Waals surface area (Å²) in [4.78, 5) is 9.87. The second-order valence-corrected chi connectivity index (χ2v) is 2.51. The Bertz CT molecular complexity index is 110. The average molecular weight is 146 g/mol. The molecule has 0 saturated carbocycles. The fraction of sp³-hybridized carbons (Fsp3) is 0.500. The first kappa shape index (κ1) is 8.56. The smallest absolute Gasteiger partial charge is 0.327 e. The van der Waals surface area contributed by atoms with Gasteiger partial charge in [0.1, 0.15) is 0 Å². The Morgan fingerprint density at radius 2 is 2.44 bits per heavy atom. The van der Waals surface area contributed by atoms with E-state index in [9.17, 15) is 4.79 Å². The summed E-state index contributed by atoms with van der Waals surface area (Å²) >= 11 is 1.71. The van der Waals surface area contributed by atoms with Crippen LogP contribution in [0.1, 0.15) is 6.42 Å². The summed E-state index contributed by atoms with van der Waals surface area (Å²) in [6.45, 7) is 0. The van der Waals surface area contributed by atoms with Crippen molar-refractivity contribution in [3.05, 3.63) is 12.2 Å². The van der Waals surface area contributed by atoms with Crippen molar-refractivity contribution in [3.8, 4) is 0 Å². The SMILES string of the molecule is CSCC/C=C/C(=O)O. The highest BCUT2D eigenvalue weighted by molar-refractivity contribution is 7.98. The fourth-order valence-electron chi connectivity index (χ4n) is 0.370. The lowest BCUT2D eigenvalue weighted by Crippen LogP contribution is -1.85. The minimum absolute atomic E-state index is 0.841. The summed E-state index contributed by atoms with van der Waals surface area (Å²) in [5, 5.41) is 8.12. The van der Waals surface area contributed by atoms with E-state index < -0.39 is 5.97 Å². The molecule has 0 heterocycles. The molecule has 3 heteroatoms. The maximum atomic E-state index is 9.87. The van der Waals surface area contributed by atoms with E-state index >= 15 is 0 Å². The van der Waals surface area contributed by atoms with Crippen LogP contribution in [0.25, 0.3) is 0 Å². The van der Waals surface area contributed by atoms with Crippen molar-refractivity contribution in [1.82, 2.24) is 0 Å². The molecule has 0 bridgehead atoms. The molecule has 0 aromatic carbocycles. The molecule has 1 N–H and O–H groups in total. The molecule has 0 amide bonds. The Kier molecular flexibility index (Phi) is 5.41. The van der Waals surface area contributed by atoms with Crippen LogP contribution in [-0.2, 0) is 4.79 Å². The van der Waals surface area contributed by atoms with Crippen LogP contribution in [-0.4, -0.2) is 23.1 Å². The first-order chi connectivity index (χ1) is 4.27. The third kappa shape index (κ3) is 7.56. The lowest BCUT2D eigenvalue weighted by atomic mass is 10.4. The number of thioether (sulfide) groups is 1. The molecule has 0 rings (SSSR count). The zero-order chi connectivity index (χ0) is 7.11. The number of allylic oxidation sites excluding steroid dienone is 1. The number of carboxylic acid groups (broad SMARTS) is 1. The first-order valence-corrected chi connectivity index (χ1v) is 4.05. The van der Waals surface area contributed by atoms with Crippen LogP contribution < -0.4 is 0 Å². The van der Waals surface area contributed by atoms with Gasteiger partial charge in [0.2, 0.25) is 0 Å². The number of carboxylic acids is 1. The highest BCUT2D eigenvalue weighted by Gasteiger charge is 1.83. The lowest BCUT2D eigenvalue weighted by molar-refractivity contribution is -0.131. The van der Waals surface area contributed by atoms with Crippen LogP contribution in [0, 0.1) is 0 Å². The number of hydrogen-bond acceptors (Lipinski definition) is 2. The number of carbonyl (C=O) groups is 1. The zero-order valence-corrected chi connectivity index (χ0v) is 6.15. The third-order valence-corrected chi connectivity index (χ3v) is 1.39.